The van der Waals surface area contributed by atoms with Crippen molar-refractivity contribution in [3.8, 4) is 11.3 Å². The minimum atomic E-state index is -3.50. The van der Waals surface area contributed by atoms with Gasteiger partial charge in [-0.25, -0.2) is 22.0 Å². The molecular weight excluding hydrogens is 501 g/mol. The number of pyridine rings is 1. The molecule has 1 unspecified atom stereocenters. The molecule has 7 nitrogen and oxygen atoms in total. The third kappa shape index (κ3) is 5.40. The number of sulfone groups is 1. The van der Waals surface area contributed by atoms with E-state index in [4.69, 9.17) is 9.66 Å². The number of aryl methyl sites for hydroxylation is 1. The van der Waals surface area contributed by atoms with E-state index in [2.05, 4.69) is 10.1 Å². The molecule has 2 atom stereocenters. The molecule has 0 fully saturated rings. The number of aromatic nitrogens is 2. The second kappa shape index (κ2) is 9.84. The number of hydrogen-bond donors (Lipinski definition) is 1. The summed E-state index contributed by atoms with van der Waals surface area (Å²) in [5.41, 5.74) is 4.04. The molecule has 2 N–H and O–H groups in total. The fourth-order valence-electron chi connectivity index (χ4n) is 4.34. The summed E-state index contributed by atoms with van der Waals surface area (Å²) in [6, 6.07) is 15.1. The van der Waals surface area contributed by atoms with Gasteiger partial charge in [-0.05, 0) is 68.9 Å². The first kappa shape index (κ1) is 26.1. The lowest BCUT2D eigenvalue weighted by atomic mass is 9.82. The second-order valence-corrected chi connectivity index (χ2v) is 13.3. The van der Waals surface area contributed by atoms with E-state index >= 15 is 0 Å². The molecule has 0 saturated heterocycles. The Morgan fingerprint density at radius 3 is 2.56 bits per heavy atom. The number of benzene rings is 2. The van der Waals surface area contributed by atoms with Crippen LogP contribution in [0.1, 0.15) is 43.0 Å². The van der Waals surface area contributed by atoms with Gasteiger partial charge in [0, 0.05) is 29.0 Å². The number of halogens is 1. The highest BCUT2D eigenvalue weighted by molar-refractivity contribution is 7.90. The van der Waals surface area contributed by atoms with Crippen LogP contribution in [0.4, 0.5) is 4.39 Å². The van der Waals surface area contributed by atoms with Gasteiger partial charge in [0.25, 0.3) is 0 Å². The van der Waals surface area contributed by atoms with Crippen LogP contribution in [0.15, 0.2) is 64.1 Å². The molecule has 2 heterocycles. The van der Waals surface area contributed by atoms with E-state index in [-0.39, 0.29) is 10.9 Å². The van der Waals surface area contributed by atoms with Crippen LogP contribution in [-0.4, -0.2) is 33.8 Å². The molecule has 0 aliphatic carbocycles. The van der Waals surface area contributed by atoms with Gasteiger partial charge < -0.3 is 4.52 Å². The second-order valence-electron chi connectivity index (χ2n) is 9.61. The highest BCUT2D eigenvalue weighted by Gasteiger charge is 2.31. The van der Waals surface area contributed by atoms with Crippen molar-refractivity contribution in [2.75, 3.05) is 6.26 Å². The van der Waals surface area contributed by atoms with E-state index < -0.39 is 31.4 Å². The molecule has 4 rings (SSSR count). The Morgan fingerprint density at radius 1 is 1.14 bits per heavy atom. The molecule has 10 heteroatoms. The van der Waals surface area contributed by atoms with Crippen LogP contribution in [-0.2, 0) is 27.2 Å². The molecule has 4 aromatic rings. The van der Waals surface area contributed by atoms with E-state index in [0.717, 1.165) is 22.9 Å². The molecular formula is C26H28FN3O4S2. The molecule has 0 radical (unpaired) electrons. The Balaban J connectivity index is 1.87. The average Bonchev–Trinajstić information content (AvgIpc) is 3.21. The number of rotatable bonds is 8. The van der Waals surface area contributed by atoms with Crippen molar-refractivity contribution >= 4 is 31.8 Å². The Morgan fingerprint density at radius 2 is 1.86 bits per heavy atom. The number of nitrogens with two attached hydrogens (primary N) is 1. The minimum Gasteiger partial charge on any atom is -0.356 e. The van der Waals surface area contributed by atoms with E-state index in [0.29, 0.717) is 35.2 Å². The fourth-order valence-corrected chi connectivity index (χ4v) is 5.30. The third-order valence-corrected chi connectivity index (χ3v) is 8.61. The largest absolute Gasteiger partial charge is 0.356 e. The summed E-state index contributed by atoms with van der Waals surface area (Å²) in [7, 11) is -5.11. The predicted octanol–water partition coefficient (Wildman–Crippen LogP) is 4.86. The number of hydrogen-bond acceptors (Lipinski definition) is 6. The van der Waals surface area contributed by atoms with Crippen LogP contribution in [0.2, 0.25) is 0 Å². The number of fused-ring (bicyclic) bond motifs is 1. The van der Waals surface area contributed by atoms with Gasteiger partial charge in [-0.2, -0.15) is 0 Å². The first-order valence-electron chi connectivity index (χ1n) is 11.3. The summed E-state index contributed by atoms with van der Waals surface area (Å²) in [5, 5.41) is 10.7. The quantitative estimate of drug-likeness (QED) is 0.349. The standard InChI is InChI=1S/C26H28FN3O4S2/c1-16-9-12-24(36(4,32)33)29-22(16)13-17(15-26(2,3)35(28)31)19-7-5-6-8-20(19)25-21-11-10-18(27)14-23(21)34-30-25/h5-12,14,17H,13,15,28H2,1-4H3/t17-,35?/m0/s1. The Kier molecular flexibility index (Phi) is 7.14. The monoisotopic (exact) mass is 529 g/mol. The van der Waals surface area contributed by atoms with Crippen molar-refractivity contribution in [2.24, 2.45) is 5.14 Å². The molecule has 0 saturated carbocycles. The first-order valence-corrected chi connectivity index (χ1v) is 14.4. The van der Waals surface area contributed by atoms with Crippen molar-refractivity contribution < 1.29 is 21.5 Å². The zero-order valence-electron chi connectivity index (χ0n) is 20.5. The van der Waals surface area contributed by atoms with Crippen molar-refractivity contribution in [1.29, 1.82) is 0 Å². The minimum absolute atomic E-state index is 0.00122. The topological polar surface area (TPSA) is 116 Å². The lowest BCUT2D eigenvalue weighted by Crippen LogP contribution is -2.34. The van der Waals surface area contributed by atoms with E-state index in [1.54, 1.807) is 12.1 Å². The molecule has 0 aliphatic heterocycles. The first-order chi connectivity index (χ1) is 16.9. The summed E-state index contributed by atoms with van der Waals surface area (Å²) in [5.74, 6) is -0.659. The summed E-state index contributed by atoms with van der Waals surface area (Å²) >= 11 is 0. The van der Waals surface area contributed by atoms with Crippen molar-refractivity contribution in [2.45, 2.75) is 49.3 Å². The van der Waals surface area contributed by atoms with Crippen LogP contribution in [0.25, 0.3) is 22.2 Å². The highest BCUT2D eigenvalue weighted by Crippen LogP contribution is 2.39. The summed E-state index contributed by atoms with van der Waals surface area (Å²) in [6.07, 6.45) is 1.94. The van der Waals surface area contributed by atoms with Gasteiger partial charge in [-0.1, -0.05) is 35.5 Å². The van der Waals surface area contributed by atoms with Crippen LogP contribution >= 0.6 is 0 Å². The molecule has 0 spiro atoms. The smallest absolute Gasteiger partial charge is 0.192 e. The van der Waals surface area contributed by atoms with Gasteiger partial charge in [0.15, 0.2) is 20.4 Å². The van der Waals surface area contributed by atoms with E-state index in [1.165, 1.54) is 18.2 Å². The van der Waals surface area contributed by atoms with Gasteiger partial charge in [0.2, 0.25) is 0 Å². The van der Waals surface area contributed by atoms with E-state index in [1.807, 2.05) is 45.0 Å². The van der Waals surface area contributed by atoms with E-state index in [9.17, 15) is 17.0 Å². The van der Waals surface area contributed by atoms with Gasteiger partial charge in [-0.15, -0.1) is 0 Å². The lowest BCUT2D eigenvalue weighted by molar-refractivity contribution is 0.457. The zero-order valence-corrected chi connectivity index (χ0v) is 22.1. The van der Waals surface area contributed by atoms with Crippen molar-refractivity contribution in [1.82, 2.24) is 10.1 Å². The lowest BCUT2D eigenvalue weighted by Gasteiger charge is -2.29. The van der Waals surface area contributed by atoms with Crippen LogP contribution in [0.3, 0.4) is 0 Å². The maximum Gasteiger partial charge on any atom is 0.192 e. The molecule has 2 aromatic carbocycles. The van der Waals surface area contributed by atoms with Crippen molar-refractivity contribution in [3.63, 3.8) is 0 Å². The maximum absolute atomic E-state index is 13.7. The Hall–Kier alpha value is -2.95. The molecule has 190 valence electrons. The van der Waals surface area contributed by atoms with Crippen molar-refractivity contribution in [3.05, 3.63) is 77.2 Å². The predicted molar refractivity (Wildman–Crippen MR) is 139 cm³/mol. The molecule has 0 bridgehead atoms. The SMILES string of the molecule is Cc1ccc(S(C)(=O)=O)nc1C[C@@H](CC(C)(C)S(N)=O)c1ccccc1-c1noc2cc(F)ccc12. The number of nitrogens with zero attached hydrogens (tertiary/aromatic N) is 2. The van der Waals surface area contributed by atoms with Gasteiger partial charge >= 0.3 is 0 Å². The van der Waals surface area contributed by atoms with Crippen LogP contribution < -0.4 is 5.14 Å². The fraction of sp³-hybridized carbons (Fsp3) is 0.308. The highest BCUT2D eigenvalue weighted by atomic mass is 32.2. The Bertz CT molecular complexity index is 1560. The summed E-state index contributed by atoms with van der Waals surface area (Å²) in [4.78, 5) is 4.46. The van der Waals surface area contributed by atoms with Gasteiger partial charge in [0.1, 0.15) is 11.5 Å². The Labute approximate surface area is 212 Å². The normalized spacial score (nSPS) is 14.2. The summed E-state index contributed by atoms with van der Waals surface area (Å²) < 4.78 is 55.1. The molecule has 36 heavy (non-hydrogen) atoms. The zero-order chi connectivity index (χ0) is 26.3. The molecule has 2 aromatic heterocycles. The van der Waals surface area contributed by atoms with Gasteiger partial charge in [-0.3, -0.25) is 5.14 Å². The van der Waals surface area contributed by atoms with Crippen LogP contribution in [0.5, 0.6) is 0 Å². The van der Waals surface area contributed by atoms with Crippen LogP contribution in [0, 0.1) is 12.7 Å². The summed E-state index contributed by atoms with van der Waals surface area (Å²) in [6.45, 7) is 5.55. The maximum atomic E-state index is 13.7. The molecule has 0 amide bonds. The van der Waals surface area contributed by atoms with Gasteiger partial charge in [0.05, 0.1) is 15.7 Å². The molecule has 0 aliphatic rings. The third-order valence-electron chi connectivity index (χ3n) is 6.37. The average molecular weight is 530 g/mol.